The molecule has 0 amide bonds. The molecule has 2 nitrogen and oxygen atoms in total. The average Bonchev–Trinajstić information content (AvgIpc) is 2.85. The van der Waals surface area contributed by atoms with Crippen molar-refractivity contribution < 1.29 is 13.6 Å². The number of carbonyl (C=O) groups is 1. The Morgan fingerprint density at radius 1 is 1.19 bits per heavy atom. The van der Waals surface area contributed by atoms with E-state index in [1.807, 2.05) is 25.1 Å². The number of halogens is 2. The lowest BCUT2D eigenvalue weighted by Crippen LogP contribution is -2.02. The Morgan fingerprint density at radius 3 is 2.76 bits per heavy atom. The van der Waals surface area contributed by atoms with E-state index in [1.165, 1.54) is 18.2 Å². The SMILES string of the molecule is Cc1ccc2oc(C(=O)Cc3ccc(F)cc3Cl)cc2c1. The lowest BCUT2D eigenvalue weighted by molar-refractivity contribution is 0.0968. The summed E-state index contributed by atoms with van der Waals surface area (Å²) in [6, 6.07) is 11.5. The molecule has 0 radical (unpaired) electrons. The van der Waals surface area contributed by atoms with Crippen LogP contribution in [0.15, 0.2) is 46.9 Å². The summed E-state index contributed by atoms with van der Waals surface area (Å²) < 4.78 is 18.6. The fraction of sp³-hybridized carbons (Fsp3) is 0.118. The van der Waals surface area contributed by atoms with Crippen molar-refractivity contribution in [3.8, 4) is 0 Å². The first kappa shape index (κ1) is 13.8. The lowest BCUT2D eigenvalue weighted by Gasteiger charge is -2.02. The zero-order valence-electron chi connectivity index (χ0n) is 11.3. The number of rotatable bonds is 3. The van der Waals surface area contributed by atoms with Crippen molar-refractivity contribution in [1.82, 2.24) is 0 Å². The second-order valence-corrected chi connectivity index (χ2v) is 5.39. The number of ketones is 1. The van der Waals surface area contributed by atoms with Gasteiger partial charge in [-0.2, -0.15) is 0 Å². The van der Waals surface area contributed by atoms with E-state index in [-0.39, 0.29) is 23.0 Å². The molecule has 3 rings (SSSR count). The zero-order chi connectivity index (χ0) is 15.0. The average molecular weight is 303 g/mol. The van der Waals surface area contributed by atoms with Crippen molar-refractivity contribution in [3.63, 3.8) is 0 Å². The van der Waals surface area contributed by atoms with Crippen molar-refractivity contribution in [1.29, 1.82) is 0 Å². The molecular formula is C17H12ClFO2. The summed E-state index contributed by atoms with van der Waals surface area (Å²) in [6.07, 6.45) is 0.0813. The van der Waals surface area contributed by atoms with Gasteiger partial charge in [-0.25, -0.2) is 4.39 Å². The first-order valence-corrected chi connectivity index (χ1v) is 6.88. The van der Waals surface area contributed by atoms with Gasteiger partial charge in [-0.1, -0.05) is 29.3 Å². The Balaban J connectivity index is 1.89. The maximum Gasteiger partial charge on any atom is 0.202 e. The summed E-state index contributed by atoms with van der Waals surface area (Å²) in [5.74, 6) is -0.316. The summed E-state index contributed by atoms with van der Waals surface area (Å²) in [5, 5.41) is 1.14. The number of carbonyl (C=O) groups excluding carboxylic acids is 1. The van der Waals surface area contributed by atoms with E-state index in [4.69, 9.17) is 16.0 Å². The van der Waals surface area contributed by atoms with Crippen LogP contribution in [-0.2, 0) is 6.42 Å². The minimum atomic E-state index is -0.421. The summed E-state index contributed by atoms with van der Waals surface area (Å²) >= 11 is 5.94. The molecule has 0 aliphatic heterocycles. The van der Waals surface area contributed by atoms with Gasteiger partial charge in [0.1, 0.15) is 11.4 Å². The molecule has 0 bridgehead atoms. The number of Topliss-reactive ketones (excluding diaryl/α,β-unsaturated/α-hetero) is 1. The number of benzene rings is 2. The summed E-state index contributed by atoms with van der Waals surface area (Å²) in [7, 11) is 0. The molecule has 3 aromatic rings. The fourth-order valence-electron chi connectivity index (χ4n) is 2.23. The van der Waals surface area contributed by atoms with Gasteiger partial charge in [0.15, 0.2) is 5.76 Å². The topological polar surface area (TPSA) is 30.2 Å². The van der Waals surface area contributed by atoms with Gasteiger partial charge in [0.05, 0.1) is 0 Å². The second-order valence-electron chi connectivity index (χ2n) is 4.99. The van der Waals surface area contributed by atoms with Gasteiger partial charge in [-0.05, 0) is 42.8 Å². The van der Waals surface area contributed by atoms with Crippen molar-refractivity contribution in [2.45, 2.75) is 13.3 Å². The van der Waals surface area contributed by atoms with Crippen LogP contribution < -0.4 is 0 Å². The Kier molecular flexibility index (Phi) is 3.52. The summed E-state index contributed by atoms with van der Waals surface area (Å²) in [5.41, 5.74) is 2.36. The van der Waals surface area contributed by atoms with Crippen LogP contribution in [0.25, 0.3) is 11.0 Å². The molecule has 1 heterocycles. The van der Waals surface area contributed by atoms with Gasteiger partial charge in [0.2, 0.25) is 5.78 Å². The third kappa shape index (κ3) is 2.83. The fourth-order valence-corrected chi connectivity index (χ4v) is 2.46. The van der Waals surface area contributed by atoms with Crippen LogP contribution >= 0.6 is 11.6 Å². The van der Waals surface area contributed by atoms with Crippen molar-refractivity contribution in [3.05, 3.63) is 70.2 Å². The molecule has 0 saturated heterocycles. The van der Waals surface area contributed by atoms with E-state index in [1.54, 1.807) is 6.07 Å². The van der Waals surface area contributed by atoms with Crippen LogP contribution in [0.1, 0.15) is 21.7 Å². The summed E-state index contributed by atoms with van der Waals surface area (Å²) in [4.78, 5) is 12.3. The van der Waals surface area contributed by atoms with Crippen LogP contribution in [0, 0.1) is 12.7 Å². The number of hydrogen-bond acceptors (Lipinski definition) is 2. The standard InChI is InChI=1S/C17H12ClFO2/c1-10-2-5-16-12(6-10)8-17(21-16)15(20)7-11-3-4-13(19)9-14(11)18/h2-6,8-9H,7H2,1H3. The highest BCUT2D eigenvalue weighted by Crippen LogP contribution is 2.23. The summed E-state index contributed by atoms with van der Waals surface area (Å²) in [6.45, 7) is 1.98. The Labute approximate surface area is 126 Å². The molecule has 0 spiro atoms. The quantitative estimate of drug-likeness (QED) is 0.640. The maximum absolute atomic E-state index is 13.0. The molecule has 1 aromatic heterocycles. The molecule has 106 valence electrons. The molecule has 0 saturated carbocycles. The molecular weight excluding hydrogens is 291 g/mol. The number of hydrogen-bond donors (Lipinski definition) is 0. The third-order valence-corrected chi connectivity index (χ3v) is 3.66. The Morgan fingerprint density at radius 2 is 2.00 bits per heavy atom. The van der Waals surface area contributed by atoms with Gasteiger partial charge < -0.3 is 4.42 Å². The van der Waals surface area contributed by atoms with E-state index in [0.29, 0.717) is 11.1 Å². The number of furan rings is 1. The zero-order valence-corrected chi connectivity index (χ0v) is 12.1. The van der Waals surface area contributed by atoms with Gasteiger partial charge in [-0.15, -0.1) is 0 Å². The first-order chi connectivity index (χ1) is 10.0. The lowest BCUT2D eigenvalue weighted by atomic mass is 10.1. The van der Waals surface area contributed by atoms with Crippen molar-refractivity contribution in [2.75, 3.05) is 0 Å². The van der Waals surface area contributed by atoms with Gasteiger partial charge in [0.25, 0.3) is 0 Å². The minimum Gasteiger partial charge on any atom is -0.453 e. The molecule has 0 fully saturated rings. The van der Waals surface area contributed by atoms with Crippen LogP contribution in [-0.4, -0.2) is 5.78 Å². The van der Waals surface area contributed by atoms with Gasteiger partial charge in [0, 0.05) is 16.8 Å². The Bertz CT molecular complexity index is 836. The third-order valence-electron chi connectivity index (χ3n) is 3.31. The highest BCUT2D eigenvalue weighted by atomic mass is 35.5. The van der Waals surface area contributed by atoms with Crippen LogP contribution in [0.5, 0.6) is 0 Å². The maximum atomic E-state index is 13.0. The highest BCUT2D eigenvalue weighted by Gasteiger charge is 2.15. The van der Waals surface area contributed by atoms with Crippen LogP contribution in [0.3, 0.4) is 0 Å². The van der Waals surface area contributed by atoms with Crippen LogP contribution in [0.2, 0.25) is 5.02 Å². The normalized spacial score (nSPS) is 11.0. The van der Waals surface area contributed by atoms with Gasteiger partial charge >= 0.3 is 0 Å². The van der Waals surface area contributed by atoms with Gasteiger partial charge in [-0.3, -0.25) is 4.79 Å². The van der Waals surface area contributed by atoms with Crippen molar-refractivity contribution in [2.24, 2.45) is 0 Å². The number of aryl methyl sites for hydroxylation is 1. The monoisotopic (exact) mass is 302 g/mol. The smallest absolute Gasteiger partial charge is 0.202 e. The Hall–Kier alpha value is -2.13. The van der Waals surface area contributed by atoms with E-state index >= 15 is 0 Å². The van der Waals surface area contributed by atoms with E-state index in [0.717, 1.165) is 10.9 Å². The largest absolute Gasteiger partial charge is 0.453 e. The highest BCUT2D eigenvalue weighted by molar-refractivity contribution is 6.31. The molecule has 0 aliphatic carbocycles. The van der Waals surface area contributed by atoms with Crippen molar-refractivity contribution >= 4 is 28.4 Å². The molecule has 2 aromatic carbocycles. The molecule has 4 heteroatoms. The second kappa shape index (κ2) is 5.34. The molecule has 0 unspecified atom stereocenters. The number of fused-ring (bicyclic) bond motifs is 1. The molecule has 0 N–H and O–H groups in total. The predicted octanol–water partition coefficient (Wildman–Crippen LogP) is 4.96. The predicted molar refractivity (Wildman–Crippen MR) is 80.4 cm³/mol. The molecule has 0 aliphatic rings. The molecule has 0 atom stereocenters. The van der Waals surface area contributed by atoms with Crippen LogP contribution in [0.4, 0.5) is 4.39 Å². The molecule has 21 heavy (non-hydrogen) atoms. The van der Waals surface area contributed by atoms with E-state index < -0.39 is 5.82 Å². The minimum absolute atomic E-state index is 0.0813. The van der Waals surface area contributed by atoms with E-state index in [2.05, 4.69) is 0 Å². The first-order valence-electron chi connectivity index (χ1n) is 6.50. The van der Waals surface area contributed by atoms with E-state index in [9.17, 15) is 9.18 Å².